The van der Waals surface area contributed by atoms with E-state index in [0.717, 1.165) is 30.7 Å². The van der Waals surface area contributed by atoms with Gasteiger partial charge in [-0.05, 0) is 44.0 Å². The van der Waals surface area contributed by atoms with Crippen molar-refractivity contribution in [1.82, 2.24) is 5.32 Å². The molecule has 2 heteroatoms. The summed E-state index contributed by atoms with van der Waals surface area (Å²) in [6.07, 6.45) is 2.28. The average molecular weight is 245 g/mol. The number of rotatable bonds is 5. The smallest absolute Gasteiger partial charge is 0.137 e. The highest BCUT2D eigenvalue weighted by atomic mass is 16.3. The van der Waals surface area contributed by atoms with Gasteiger partial charge in [0.05, 0.1) is 6.04 Å². The van der Waals surface area contributed by atoms with Crippen molar-refractivity contribution >= 4 is 11.0 Å². The van der Waals surface area contributed by atoms with E-state index in [1.807, 2.05) is 0 Å². The Bertz CT molecular complexity index is 521. The number of hydrogen-bond donors (Lipinski definition) is 1. The van der Waals surface area contributed by atoms with Gasteiger partial charge in [0.2, 0.25) is 0 Å². The summed E-state index contributed by atoms with van der Waals surface area (Å²) < 4.78 is 6.08. The van der Waals surface area contributed by atoms with Gasteiger partial charge in [-0.2, -0.15) is 0 Å². The van der Waals surface area contributed by atoms with Gasteiger partial charge in [0.15, 0.2) is 0 Å². The standard InChI is InChI=1S/C16H23NO/c1-5-7-14(17-6-2)15-10-13-9-8-11(3)12(4)16(13)18-15/h8-10,14,17H,5-7H2,1-4H3. The average Bonchev–Trinajstić information content (AvgIpc) is 2.78. The summed E-state index contributed by atoms with van der Waals surface area (Å²) in [6, 6.07) is 6.84. The fourth-order valence-electron chi connectivity index (χ4n) is 2.41. The SMILES string of the molecule is CCCC(NCC)c1cc2ccc(C)c(C)c2o1. The Balaban J connectivity index is 2.42. The van der Waals surface area contributed by atoms with Gasteiger partial charge >= 0.3 is 0 Å². The van der Waals surface area contributed by atoms with Crippen molar-refractivity contribution in [2.45, 2.75) is 46.6 Å². The third kappa shape index (κ3) is 2.44. The van der Waals surface area contributed by atoms with Crippen molar-refractivity contribution in [3.05, 3.63) is 35.1 Å². The number of nitrogens with one attached hydrogen (secondary N) is 1. The minimum Gasteiger partial charge on any atom is -0.459 e. The lowest BCUT2D eigenvalue weighted by molar-refractivity contribution is 0.414. The summed E-state index contributed by atoms with van der Waals surface area (Å²) in [6.45, 7) is 9.58. The zero-order valence-corrected chi connectivity index (χ0v) is 11.8. The topological polar surface area (TPSA) is 25.2 Å². The number of fused-ring (bicyclic) bond motifs is 1. The minimum atomic E-state index is 0.340. The lowest BCUT2D eigenvalue weighted by Gasteiger charge is -2.13. The first-order valence-electron chi connectivity index (χ1n) is 6.90. The third-order valence-electron chi connectivity index (χ3n) is 3.60. The van der Waals surface area contributed by atoms with Gasteiger partial charge in [0, 0.05) is 5.39 Å². The molecule has 0 spiro atoms. The van der Waals surface area contributed by atoms with Crippen LogP contribution in [-0.4, -0.2) is 6.54 Å². The second-order valence-electron chi connectivity index (χ2n) is 4.97. The Hall–Kier alpha value is -1.28. The van der Waals surface area contributed by atoms with Crippen molar-refractivity contribution in [3.8, 4) is 0 Å². The predicted molar refractivity (Wildman–Crippen MR) is 77.0 cm³/mol. The van der Waals surface area contributed by atoms with Crippen LogP contribution in [0.15, 0.2) is 22.6 Å². The summed E-state index contributed by atoms with van der Waals surface area (Å²) in [4.78, 5) is 0. The van der Waals surface area contributed by atoms with Crippen molar-refractivity contribution in [3.63, 3.8) is 0 Å². The van der Waals surface area contributed by atoms with Gasteiger partial charge in [-0.1, -0.05) is 32.4 Å². The van der Waals surface area contributed by atoms with Crippen LogP contribution in [0.5, 0.6) is 0 Å². The summed E-state index contributed by atoms with van der Waals surface area (Å²) >= 11 is 0. The van der Waals surface area contributed by atoms with E-state index in [1.165, 1.54) is 16.5 Å². The molecule has 1 unspecified atom stereocenters. The van der Waals surface area contributed by atoms with E-state index in [0.29, 0.717) is 6.04 Å². The highest BCUT2D eigenvalue weighted by molar-refractivity contribution is 5.82. The van der Waals surface area contributed by atoms with E-state index in [1.54, 1.807) is 0 Å². The van der Waals surface area contributed by atoms with Gasteiger partial charge in [0.25, 0.3) is 0 Å². The van der Waals surface area contributed by atoms with E-state index < -0.39 is 0 Å². The van der Waals surface area contributed by atoms with Crippen molar-refractivity contribution in [2.75, 3.05) is 6.54 Å². The Morgan fingerprint density at radius 3 is 2.67 bits per heavy atom. The zero-order valence-electron chi connectivity index (χ0n) is 11.8. The van der Waals surface area contributed by atoms with Crippen LogP contribution in [0.1, 0.15) is 49.6 Å². The fraction of sp³-hybridized carbons (Fsp3) is 0.500. The van der Waals surface area contributed by atoms with Crippen LogP contribution in [0.4, 0.5) is 0 Å². The molecule has 0 radical (unpaired) electrons. The third-order valence-corrected chi connectivity index (χ3v) is 3.60. The van der Waals surface area contributed by atoms with Crippen LogP contribution in [-0.2, 0) is 0 Å². The van der Waals surface area contributed by atoms with Gasteiger partial charge in [-0.3, -0.25) is 0 Å². The lowest BCUT2D eigenvalue weighted by atomic mass is 10.1. The number of furan rings is 1. The molecule has 0 aliphatic carbocycles. The Morgan fingerprint density at radius 2 is 2.00 bits per heavy atom. The molecule has 0 aliphatic rings. The van der Waals surface area contributed by atoms with E-state index >= 15 is 0 Å². The first-order valence-corrected chi connectivity index (χ1v) is 6.90. The molecule has 18 heavy (non-hydrogen) atoms. The first-order chi connectivity index (χ1) is 8.67. The molecule has 1 N–H and O–H groups in total. The van der Waals surface area contributed by atoms with Crippen LogP contribution in [0.3, 0.4) is 0 Å². The molecule has 1 heterocycles. The molecule has 0 aliphatic heterocycles. The molecule has 1 atom stereocenters. The van der Waals surface area contributed by atoms with Gasteiger partial charge < -0.3 is 9.73 Å². The molecule has 2 aromatic rings. The molecular weight excluding hydrogens is 222 g/mol. The molecule has 0 amide bonds. The quantitative estimate of drug-likeness (QED) is 0.839. The summed E-state index contributed by atoms with van der Waals surface area (Å²) in [5.74, 6) is 1.07. The molecule has 2 rings (SSSR count). The van der Waals surface area contributed by atoms with E-state index in [4.69, 9.17) is 4.42 Å². The Morgan fingerprint density at radius 1 is 1.22 bits per heavy atom. The number of benzene rings is 1. The second-order valence-corrected chi connectivity index (χ2v) is 4.97. The van der Waals surface area contributed by atoms with Crippen LogP contribution in [0.25, 0.3) is 11.0 Å². The molecule has 1 aromatic heterocycles. The largest absolute Gasteiger partial charge is 0.459 e. The Kier molecular flexibility index (Phi) is 4.07. The first kappa shape index (κ1) is 13.2. The molecule has 2 nitrogen and oxygen atoms in total. The van der Waals surface area contributed by atoms with Gasteiger partial charge in [-0.15, -0.1) is 0 Å². The van der Waals surface area contributed by atoms with Crippen LogP contribution in [0.2, 0.25) is 0 Å². The molecule has 0 saturated carbocycles. The monoisotopic (exact) mass is 245 g/mol. The van der Waals surface area contributed by atoms with Crippen molar-refractivity contribution < 1.29 is 4.42 Å². The summed E-state index contributed by atoms with van der Waals surface area (Å²) in [5.41, 5.74) is 3.59. The molecule has 98 valence electrons. The fourth-order valence-corrected chi connectivity index (χ4v) is 2.41. The Labute approximate surface area is 109 Å². The minimum absolute atomic E-state index is 0.340. The second kappa shape index (κ2) is 5.57. The van der Waals surface area contributed by atoms with Crippen molar-refractivity contribution in [2.24, 2.45) is 0 Å². The predicted octanol–water partition coefficient (Wildman–Crippen LogP) is 4.50. The van der Waals surface area contributed by atoms with E-state index in [-0.39, 0.29) is 0 Å². The molecular formula is C16H23NO. The maximum Gasteiger partial charge on any atom is 0.137 e. The van der Waals surface area contributed by atoms with Gasteiger partial charge in [-0.25, -0.2) is 0 Å². The number of aryl methyl sites for hydroxylation is 2. The molecule has 1 aromatic carbocycles. The highest BCUT2D eigenvalue weighted by Gasteiger charge is 2.15. The van der Waals surface area contributed by atoms with Crippen molar-refractivity contribution in [1.29, 1.82) is 0 Å². The molecule has 0 fully saturated rings. The van der Waals surface area contributed by atoms with E-state index in [2.05, 4.69) is 51.2 Å². The highest BCUT2D eigenvalue weighted by Crippen LogP contribution is 2.29. The van der Waals surface area contributed by atoms with Gasteiger partial charge in [0.1, 0.15) is 11.3 Å². The maximum absolute atomic E-state index is 6.08. The maximum atomic E-state index is 6.08. The number of hydrogen-bond acceptors (Lipinski definition) is 2. The molecule has 0 saturated heterocycles. The summed E-state index contributed by atoms with van der Waals surface area (Å²) in [5, 5.41) is 4.72. The lowest BCUT2D eigenvalue weighted by Crippen LogP contribution is -2.20. The zero-order chi connectivity index (χ0) is 13.1. The normalized spacial score (nSPS) is 13.1. The van der Waals surface area contributed by atoms with Crippen LogP contribution >= 0.6 is 0 Å². The van der Waals surface area contributed by atoms with Crippen LogP contribution in [0, 0.1) is 13.8 Å². The summed E-state index contributed by atoms with van der Waals surface area (Å²) in [7, 11) is 0. The van der Waals surface area contributed by atoms with Crippen LogP contribution < -0.4 is 5.32 Å². The van der Waals surface area contributed by atoms with E-state index in [9.17, 15) is 0 Å². The molecule has 0 bridgehead atoms.